The molecule has 1 atom stereocenters. The topological polar surface area (TPSA) is 34.1 Å². The average molecular weight is 280 g/mol. The second-order valence-corrected chi connectivity index (χ2v) is 7.23. The summed E-state index contributed by atoms with van der Waals surface area (Å²) < 4.78 is 5.85. The maximum absolute atomic E-state index is 5.44. The van der Waals surface area contributed by atoms with E-state index in [-0.39, 0.29) is 0 Å². The van der Waals surface area contributed by atoms with Gasteiger partial charge in [0.05, 0.1) is 12.8 Å². The lowest BCUT2D eigenvalue weighted by molar-refractivity contribution is 0.406. The van der Waals surface area contributed by atoms with E-state index in [9.17, 15) is 0 Å². The second kappa shape index (κ2) is 6.14. The van der Waals surface area contributed by atoms with Crippen molar-refractivity contribution < 1.29 is 4.74 Å². The highest BCUT2D eigenvalue weighted by Crippen LogP contribution is 2.37. The summed E-state index contributed by atoms with van der Waals surface area (Å²) in [6.07, 6.45) is 4.56. The first kappa shape index (κ1) is 14.7. The molecule has 1 aliphatic rings. The molecule has 0 radical (unpaired) electrons. The predicted molar refractivity (Wildman–Crippen MR) is 82.1 cm³/mol. The second-order valence-electron chi connectivity index (χ2n) is 5.55. The molecule has 2 rings (SSSR count). The van der Waals surface area contributed by atoms with Crippen molar-refractivity contribution in [1.82, 2.24) is 10.3 Å². The highest BCUT2D eigenvalue weighted by Gasteiger charge is 2.28. The van der Waals surface area contributed by atoms with Crippen LogP contribution in [0.15, 0.2) is 6.20 Å². The monoisotopic (exact) mass is 280 g/mol. The van der Waals surface area contributed by atoms with Crippen LogP contribution in [-0.4, -0.2) is 29.1 Å². The Bertz CT molecular complexity index is 442. The summed E-state index contributed by atoms with van der Waals surface area (Å²) in [5.74, 6) is 2.27. The summed E-state index contributed by atoms with van der Waals surface area (Å²) in [5, 5.41) is 3.56. The summed E-state index contributed by atoms with van der Waals surface area (Å²) in [4.78, 5) is 4.52. The number of pyridine rings is 1. The lowest BCUT2D eigenvalue weighted by Crippen LogP contribution is -2.32. The van der Waals surface area contributed by atoms with Gasteiger partial charge in [-0.25, -0.2) is 0 Å². The van der Waals surface area contributed by atoms with E-state index in [0.717, 1.165) is 35.7 Å². The van der Waals surface area contributed by atoms with Crippen molar-refractivity contribution in [2.45, 2.75) is 44.9 Å². The molecule has 0 spiro atoms. The maximum Gasteiger partial charge on any atom is 0.128 e. The van der Waals surface area contributed by atoms with E-state index in [0.29, 0.717) is 4.75 Å². The van der Waals surface area contributed by atoms with Crippen molar-refractivity contribution in [3.63, 3.8) is 0 Å². The van der Waals surface area contributed by atoms with Gasteiger partial charge in [-0.2, -0.15) is 11.8 Å². The Kier molecular flexibility index (Phi) is 4.74. The van der Waals surface area contributed by atoms with Gasteiger partial charge in [0.25, 0.3) is 0 Å². The van der Waals surface area contributed by atoms with Gasteiger partial charge in [0.2, 0.25) is 0 Å². The van der Waals surface area contributed by atoms with Crippen LogP contribution in [0.5, 0.6) is 5.75 Å². The van der Waals surface area contributed by atoms with Gasteiger partial charge in [0.1, 0.15) is 5.75 Å². The van der Waals surface area contributed by atoms with Crippen molar-refractivity contribution >= 4 is 11.8 Å². The first-order valence-corrected chi connectivity index (χ1v) is 7.88. The molecule has 1 aliphatic heterocycles. The summed E-state index contributed by atoms with van der Waals surface area (Å²) >= 11 is 2.09. The van der Waals surface area contributed by atoms with Crippen molar-refractivity contribution in [3.8, 4) is 5.75 Å². The number of nitrogens with one attached hydrogen (secondary N) is 1. The summed E-state index contributed by atoms with van der Waals surface area (Å²) in [6.45, 7) is 8.34. The molecule has 0 aliphatic carbocycles. The fourth-order valence-electron chi connectivity index (χ4n) is 2.67. The number of ether oxygens (including phenoxy) is 1. The van der Waals surface area contributed by atoms with Gasteiger partial charge < -0.3 is 10.1 Å². The minimum atomic E-state index is 0.405. The Balaban J connectivity index is 1.96. The van der Waals surface area contributed by atoms with Crippen LogP contribution >= 0.6 is 11.8 Å². The van der Waals surface area contributed by atoms with Crippen LogP contribution in [0, 0.1) is 13.8 Å². The van der Waals surface area contributed by atoms with Gasteiger partial charge in [-0.15, -0.1) is 0 Å². The molecule has 0 amide bonds. The minimum Gasteiger partial charge on any atom is -0.496 e. The molecule has 0 aromatic carbocycles. The van der Waals surface area contributed by atoms with E-state index in [1.54, 1.807) is 7.11 Å². The van der Waals surface area contributed by atoms with Gasteiger partial charge in [0.15, 0.2) is 0 Å². The van der Waals surface area contributed by atoms with Crippen LogP contribution in [0.3, 0.4) is 0 Å². The smallest absolute Gasteiger partial charge is 0.128 e. The molecule has 106 valence electrons. The van der Waals surface area contributed by atoms with Crippen molar-refractivity contribution in [2.24, 2.45) is 0 Å². The van der Waals surface area contributed by atoms with Crippen molar-refractivity contribution in [1.29, 1.82) is 0 Å². The molecule has 1 aromatic heterocycles. The van der Waals surface area contributed by atoms with E-state index in [2.05, 4.69) is 35.9 Å². The van der Waals surface area contributed by atoms with Crippen LogP contribution in [0.4, 0.5) is 0 Å². The zero-order chi connectivity index (χ0) is 13.9. The summed E-state index contributed by atoms with van der Waals surface area (Å²) in [5.41, 5.74) is 3.34. The lowest BCUT2D eigenvalue weighted by Gasteiger charge is -2.23. The molecule has 19 heavy (non-hydrogen) atoms. The van der Waals surface area contributed by atoms with Crippen LogP contribution in [-0.2, 0) is 6.54 Å². The lowest BCUT2D eigenvalue weighted by atomic mass is 10.1. The average Bonchev–Trinajstić information content (AvgIpc) is 2.80. The third kappa shape index (κ3) is 3.42. The van der Waals surface area contributed by atoms with E-state index in [1.807, 2.05) is 13.1 Å². The van der Waals surface area contributed by atoms with Gasteiger partial charge in [0, 0.05) is 35.2 Å². The molecule has 0 saturated carbocycles. The Labute approximate surface area is 120 Å². The number of aryl methyl sites for hydroxylation is 1. The molecule has 1 saturated heterocycles. The Hall–Kier alpha value is -0.740. The SMILES string of the molecule is COc1c(C)cnc(CNCC2(C)CCCS2)c1C. The standard InChI is InChI=1S/C15H24N2OS/c1-11-8-17-13(12(2)14(11)18-4)9-16-10-15(3)6-5-7-19-15/h8,16H,5-7,9-10H2,1-4H3. The van der Waals surface area contributed by atoms with E-state index in [4.69, 9.17) is 4.74 Å². The molecule has 1 N–H and O–H groups in total. The molecular weight excluding hydrogens is 256 g/mol. The van der Waals surface area contributed by atoms with Crippen molar-refractivity contribution in [3.05, 3.63) is 23.0 Å². The number of aromatic nitrogens is 1. The van der Waals surface area contributed by atoms with Crippen LogP contribution in [0.2, 0.25) is 0 Å². The predicted octanol–water partition coefficient (Wildman–Crippen LogP) is 3.08. The third-order valence-electron chi connectivity index (χ3n) is 3.84. The largest absolute Gasteiger partial charge is 0.496 e. The number of nitrogens with zero attached hydrogens (tertiary/aromatic N) is 1. The molecule has 1 unspecified atom stereocenters. The normalized spacial score (nSPS) is 22.7. The molecule has 0 bridgehead atoms. The molecular formula is C15H24N2OS. The molecule has 2 heterocycles. The molecule has 4 heteroatoms. The fraction of sp³-hybridized carbons (Fsp3) is 0.667. The first-order chi connectivity index (χ1) is 9.06. The van der Waals surface area contributed by atoms with Crippen LogP contribution in [0.1, 0.15) is 36.6 Å². The van der Waals surface area contributed by atoms with Crippen LogP contribution in [0.25, 0.3) is 0 Å². The zero-order valence-corrected chi connectivity index (χ0v) is 13.2. The van der Waals surface area contributed by atoms with Gasteiger partial charge in [-0.1, -0.05) is 0 Å². The summed E-state index contributed by atoms with van der Waals surface area (Å²) in [6, 6.07) is 0. The Morgan fingerprint density at radius 1 is 1.47 bits per heavy atom. The van der Waals surface area contributed by atoms with E-state index >= 15 is 0 Å². The molecule has 3 nitrogen and oxygen atoms in total. The maximum atomic E-state index is 5.44. The first-order valence-electron chi connectivity index (χ1n) is 6.89. The number of methoxy groups -OCH3 is 1. The number of rotatable bonds is 5. The number of hydrogen-bond donors (Lipinski definition) is 1. The number of hydrogen-bond acceptors (Lipinski definition) is 4. The third-order valence-corrected chi connectivity index (χ3v) is 5.38. The quantitative estimate of drug-likeness (QED) is 0.899. The fourth-order valence-corrected chi connectivity index (χ4v) is 3.95. The summed E-state index contributed by atoms with van der Waals surface area (Å²) in [7, 11) is 1.72. The van der Waals surface area contributed by atoms with Crippen LogP contribution < -0.4 is 10.1 Å². The van der Waals surface area contributed by atoms with E-state index in [1.165, 1.54) is 18.6 Å². The van der Waals surface area contributed by atoms with Crippen molar-refractivity contribution in [2.75, 3.05) is 19.4 Å². The Morgan fingerprint density at radius 3 is 2.89 bits per heavy atom. The van der Waals surface area contributed by atoms with Gasteiger partial charge in [-0.3, -0.25) is 4.98 Å². The highest BCUT2D eigenvalue weighted by molar-refractivity contribution is 8.00. The number of thioether (sulfide) groups is 1. The van der Waals surface area contributed by atoms with Gasteiger partial charge >= 0.3 is 0 Å². The van der Waals surface area contributed by atoms with Gasteiger partial charge in [-0.05, 0) is 39.4 Å². The molecule has 1 fully saturated rings. The highest BCUT2D eigenvalue weighted by atomic mass is 32.2. The zero-order valence-electron chi connectivity index (χ0n) is 12.4. The Morgan fingerprint density at radius 2 is 2.26 bits per heavy atom. The van der Waals surface area contributed by atoms with E-state index < -0.39 is 0 Å². The molecule has 1 aromatic rings. The minimum absolute atomic E-state index is 0.405.